The number of halogens is 1. The molecule has 0 amide bonds. The monoisotopic (exact) mass is 357 g/mol. The van der Waals surface area contributed by atoms with Crippen LogP contribution in [0.2, 0.25) is 25.7 Å². The van der Waals surface area contributed by atoms with Gasteiger partial charge in [-0.2, -0.15) is 10.1 Å². The summed E-state index contributed by atoms with van der Waals surface area (Å²) < 4.78 is 13.5. The van der Waals surface area contributed by atoms with Crippen molar-refractivity contribution in [1.82, 2.24) is 14.8 Å². The molecule has 0 aliphatic heterocycles. The van der Waals surface area contributed by atoms with E-state index in [0.717, 1.165) is 28.2 Å². The van der Waals surface area contributed by atoms with Crippen LogP contribution in [0.25, 0.3) is 11.0 Å². The van der Waals surface area contributed by atoms with Crippen LogP contribution < -0.4 is 4.74 Å². The zero-order valence-electron chi connectivity index (χ0n) is 12.3. The number of hydrogen-bond acceptors (Lipinski definition) is 4. The topological polar surface area (TPSA) is 49.2 Å². The van der Waals surface area contributed by atoms with Gasteiger partial charge in [0.15, 0.2) is 5.65 Å². The first-order valence-electron chi connectivity index (χ1n) is 6.54. The first-order valence-corrected chi connectivity index (χ1v) is 11.0. The van der Waals surface area contributed by atoms with Crippen LogP contribution in [0, 0.1) is 0 Å². The lowest BCUT2D eigenvalue weighted by Crippen LogP contribution is -2.22. The fourth-order valence-corrected chi connectivity index (χ4v) is 2.99. The van der Waals surface area contributed by atoms with Gasteiger partial charge in [0.2, 0.25) is 5.88 Å². The van der Waals surface area contributed by atoms with Crippen LogP contribution in [-0.4, -0.2) is 36.6 Å². The Bertz CT molecular complexity index is 595. The summed E-state index contributed by atoms with van der Waals surface area (Å²) in [6.07, 6.45) is 1.79. The molecule has 0 N–H and O–H groups in total. The number of fused-ring (bicyclic) bond motifs is 1. The van der Waals surface area contributed by atoms with Crippen molar-refractivity contribution in [2.45, 2.75) is 32.4 Å². The Morgan fingerprint density at radius 1 is 1.35 bits per heavy atom. The molecule has 0 aliphatic rings. The minimum Gasteiger partial charge on any atom is -0.480 e. The second-order valence-electron chi connectivity index (χ2n) is 5.88. The Morgan fingerprint density at radius 2 is 2.10 bits per heavy atom. The minimum atomic E-state index is -1.05. The van der Waals surface area contributed by atoms with Crippen molar-refractivity contribution >= 4 is 35.0 Å². The molecule has 0 radical (unpaired) electrons. The van der Waals surface area contributed by atoms with Crippen molar-refractivity contribution in [1.29, 1.82) is 0 Å². The molecule has 110 valence electrons. The van der Waals surface area contributed by atoms with Crippen LogP contribution in [0.1, 0.15) is 0 Å². The third-order valence-corrected chi connectivity index (χ3v) is 5.21. The Kier molecular flexibility index (Phi) is 4.82. The molecule has 2 heterocycles. The van der Waals surface area contributed by atoms with E-state index in [1.54, 1.807) is 18.0 Å². The molecule has 0 atom stereocenters. The molecule has 0 fully saturated rings. The standard InChI is InChI=1S/C13H20BrN3O2Si/c1-18-13-11(14)7-10-8-15-17(12(10)16-13)9-19-5-6-20(2,3)4/h7-8H,5-6,9H2,1-4H3. The van der Waals surface area contributed by atoms with Gasteiger partial charge in [-0.15, -0.1) is 0 Å². The average Bonchev–Trinajstić information content (AvgIpc) is 2.74. The number of rotatable bonds is 6. The van der Waals surface area contributed by atoms with Gasteiger partial charge in [0.25, 0.3) is 0 Å². The maximum Gasteiger partial charge on any atom is 0.229 e. The van der Waals surface area contributed by atoms with Crippen LogP contribution in [-0.2, 0) is 11.5 Å². The third-order valence-electron chi connectivity index (χ3n) is 2.94. The highest BCUT2D eigenvalue weighted by Crippen LogP contribution is 2.26. The molecule has 0 saturated carbocycles. The highest BCUT2D eigenvalue weighted by atomic mass is 79.9. The zero-order valence-corrected chi connectivity index (χ0v) is 14.9. The van der Waals surface area contributed by atoms with Gasteiger partial charge in [-0.05, 0) is 28.0 Å². The molecular weight excluding hydrogens is 338 g/mol. The number of nitrogens with zero attached hydrogens (tertiary/aromatic N) is 3. The van der Waals surface area contributed by atoms with E-state index in [4.69, 9.17) is 9.47 Å². The summed E-state index contributed by atoms with van der Waals surface area (Å²) >= 11 is 3.42. The van der Waals surface area contributed by atoms with Gasteiger partial charge < -0.3 is 9.47 Å². The third kappa shape index (κ3) is 3.80. The summed E-state index contributed by atoms with van der Waals surface area (Å²) in [6, 6.07) is 3.10. The van der Waals surface area contributed by atoms with Crippen LogP contribution in [0.15, 0.2) is 16.7 Å². The first kappa shape index (κ1) is 15.5. The fourth-order valence-electron chi connectivity index (χ4n) is 1.73. The molecule has 0 spiro atoms. The summed E-state index contributed by atoms with van der Waals surface area (Å²) in [4.78, 5) is 4.44. The summed E-state index contributed by atoms with van der Waals surface area (Å²) in [5.41, 5.74) is 0.776. The van der Waals surface area contributed by atoms with Gasteiger partial charge in [-0.25, -0.2) is 4.68 Å². The van der Waals surface area contributed by atoms with Crippen LogP contribution in [0.5, 0.6) is 5.88 Å². The molecule has 7 heteroatoms. The van der Waals surface area contributed by atoms with Gasteiger partial charge in [-0.3, -0.25) is 0 Å². The maximum atomic E-state index is 5.71. The van der Waals surface area contributed by atoms with E-state index in [2.05, 4.69) is 45.7 Å². The summed E-state index contributed by atoms with van der Waals surface area (Å²) in [5.74, 6) is 0.557. The second-order valence-corrected chi connectivity index (χ2v) is 12.4. The van der Waals surface area contributed by atoms with Crippen molar-refractivity contribution in [3.8, 4) is 5.88 Å². The van der Waals surface area contributed by atoms with Crippen LogP contribution in [0.4, 0.5) is 0 Å². The van der Waals surface area contributed by atoms with Gasteiger partial charge in [-0.1, -0.05) is 19.6 Å². The summed E-state index contributed by atoms with van der Waals surface area (Å²) in [7, 11) is 0.550. The highest BCUT2D eigenvalue weighted by Gasteiger charge is 2.13. The smallest absolute Gasteiger partial charge is 0.229 e. The highest BCUT2D eigenvalue weighted by molar-refractivity contribution is 9.10. The quantitative estimate of drug-likeness (QED) is 0.586. The molecule has 5 nitrogen and oxygen atoms in total. The Hall–Kier alpha value is -0.923. The molecule has 0 aliphatic carbocycles. The van der Waals surface area contributed by atoms with E-state index in [-0.39, 0.29) is 0 Å². The van der Waals surface area contributed by atoms with E-state index in [0.29, 0.717) is 12.6 Å². The number of methoxy groups -OCH3 is 1. The van der Waals surface area contributed by atoms with E-state index < -0.39 is 8.07 Å². The number of pyridine rings is 1. The van der Waals surface area contributed by atoms with Gasteiger partial charge in [0.1, 0.15) is 6.73 Å². The molecule has 20 heavy (non-hydrogen) atoms. The Balaban J connectivity index is 2.07. The molecule has 2 rings (SSSR count). The van der Waals surface area contributed by atoms with Gasteiger partial charge in [0.05, 0.1) is 17.8 Å². The molecule has 0 saturated heterocycles. The molecule has 0 aromatic carbocycles. The number of aromatic nitrogens is 3. The van der Waals surface area contributed by atoms with Crippen molar-refractivity contribution in [3.05, 3.63) is 16.7 Å². The van der Waals surface area contributed by atoms with Crippen molar-refractivity contribution in [3.63, 3.8) is 0 Å². The maximum absolute atomic E-state index is 5.71. The van der Waals surface area contributed by atoms with E-state index in [1.165, 1.54) is 0 Å². The molecule has 0 unspecified atom stereocenters. The largest absolute Gasteiger partial charge is 0.480 e. The molecule has 2 aromatic heterocycles. The lowest BCUT2D eigenvalue weighted by Gasteiger charge is -2.15. The molecule has 0 bridgehead atoms. The average molecular weight is 358 g/mol. The molecule has 2 aromatic rings. The summed E-state index contributed by atoms with van der Waals surface area (Å²) in [6.45, 7) is 8.20. The zero-order chi connectivity index (χ0) is 14.8. The number of ether oxygens (including phenoxy) is 2. The van der Waals surface area contributed by atoms with Gasteiger partial charge in [0, 0.05) is 20.1 Å². The molecular formula is C13H20BrN3O2Si. The second kappa shape index (κ2) is 6.24. The fraction of sp³-hybridized carbons (Fsp3) is 0.538. The SMILES string of the molecule is COc1nc2c(cnn2COCC[Si](C)(C)C)cc1Br. The van der Waals surface area contributed by atoms with Crippen molar-refractivity contribution < 1.29 is 9.47 Å². The van der Waals surface area contributed by atoms with E-state index in [9.17, 15) is 0 Å². The number of hydrogen-bond donors (Lipinski definition) is 0. The lowest BCUT2D eigenvalue weighted by molar-refractivity contribution is 0.0812. The minimum absolute atomic E-state index is 0.422. The van der Waals surface area contributed by atoms with Crippen LogP contribution in [0.3, 0.4) is 0 Å². The van der Waals surface area contributed by atoms with E-state index in [1.807, 2.05) is 6.07 Å². The van der Waals surface area contributed by atoms with Crippen LogP contribution >= 0.6 is 15.9 Å². The van der Waals surface area contributed by atoms with Crippen molar-refractivity contribution in [2.75, 3.05) is 13.7 Å². The van der Waals surface area contributed by atoms with Crippen molar-refractivity contribution in [2.24, 2.45) is 0 Å². The Labute approximate surface area is 128 Å². The lowest BCUT2D eigenvalue weighted by atomic mass is 10.3. The summed E-state index contributed by atoms with van der Waals surface area (Å²) in [5, 5.41) is 5.27. The predicted molar refractivity (Wildman–Crippen MR) is 85.9 cm³/mol. The van der Waals surface area contributed by atoms with Gasteiger partial charge >= 0.3 is 0 Å². The Morgan fingerprint density at radius 3 is 2.75 bits per heavy atom. The van der Waals surface area contributed by atoms with E-state index >= 15 is 0 Å². The predicted octanol–water partition coefficient (Wildman–Crippen LogP) is 3.51. The normalized spacial score (nSPS) is 12.1. The first-order chi connectivity index (χ1) is 9.40.